The zero-order valence-corrected chi connectivity index (χ0v) is 14.1. The number of hydrogen-bond acceptors (Lipinski definition) is 6. The van der Waals surface area contributed by atoms with Crippen LogP contribution in [0, 0.1) is 17.8 Å². The van der Waals surface area contributed by atoms with E-state index < -0.39 is 5.91 Å². The fraction of sp³-hybridized carbons (Fsp3) is 0.389. The molecule has 1 aromatic heterocycles. The minimum absolute atomic E-state index is 0.0128. The zero-order valence-electron chi connectivity index (χ0n) is 14.1. The van der Waals surface area contributed by atoms with Crippen LogP contribution in [0.1, 0.15) is 10.4 Å². The van der Waals surface area contributed by atoms with Gasteiger partial charge < -0.3 is 25.6 Å². The Morgan fingerprint density at radius 2 is 2.23 bits per heavy atom. The number of carbonyl (C=O) groups excluding carboxylic acids is 2. The van der Waals surface area contributed by atoms with Crippen LogP contribution in [0.4, 0.5) is 0 Å². The van der Waals surface area contributed by atoms with Crippen molar-refractivity contribution in [2.45, 2.75) is 6.04 Å². The highest BCUT2D eigenvalue weighted by atomic mass is 16.5. The summed E-state index contributed by atoms with van der Waals surface area (Å²) in [7, 11) is 1.46. The average molecular weight is 357 g/mol. The molecular weight excluding hydrogens is 338 g/mol. The lowest BCUT2D eigenvalue weighted by molar-refractivity contribution is -0.122. The van der Waals surface area contributed by atoms with Gasteiger partial charge >= 0.3 is 0 Å². The molecule has 1 aromatic carbocycles. The van der Waals surface area contributed by atoms with Crippen LogP contribution in [-0.4, -0.2) is 48.3 Å². The summed E-state index contributed by atoms with van der Waals surface area (Å²) in [5.41, 5.74) is 5.68. The molecule has 2 aromatic rings. The Bertz CT molecular complexity index is 900. The fourth-order valence-corrected chi connectivity index (χ4v) is 3.90. The summed E-state index contributed by atoms with van der Waals surface area (Å²) in [5, 5.41) is 13.6. The minimum atomic E-state index is -0.577. The van der Waals surface area contributed by atoms with E-state index in [-0.39, 0.29) is 48.5 Å². The van der Waals surface area contributed by atoms with Gasteiger partial charge in [-0.3, -0.25) is 9.59 Å². The van der Waals surface area contributed by atoms with E-state index in [0.29, 0.717) is 17.0 Å². The number of ether oxygens (including phenoxy) is 2. The Morgan fingerprint density at radius 1 is 1.42 bits per heavy atom. The maximum absolute atomic E-state index is 11.9. The van der Waals surface area contributed by atoms with Gasteiger partial charge in [-0.25, -0.2) is 4.98 Å². The van der Waals surface area contributed by atoms with Gasteiger partial charge in [-0.1, -0.05) is 0 Å². The van der Waals surface area contributed by atoms with Gasteiger partial charge in [0, 0.05) is 30.0 Å². The van der Waals surface area contributed by atoms with Crippen molar-refractivity contribution >= 4 is 22.6 Å². The van der Waals surface area contributed by atoms with Gasteiger partial charge in [-0.15, -0.1) is 0 Å². The summed E-state index contributed by atoms with van der Waals surface area (Å²) in [6.45, 7) is 0.272. The third-order valence-electron chi connectivity index (χ3n) is 5.25. The van der Waals surface area contributed by atoms with Crippen LogP contribution in [0.3, 0.4) is 0 Å². The van der Waals surface area contributed by atoms with Crippen LogP contribution in [0.2, 0.25) is 0 Å². The van der Waals surface area contributed by atoms with Crippen molar-refractivity contribution in [3.8, 4) is 11.6 Å². The number of primary amides is 1. The number of hydrogen-bond donors (Lipinski definition) is 3. The molecule has 2 aliphatic rings. The van der Waals surface area contributed by atoms with Gasteiger partial charge in [0.1, 0.15) is 12.4 Å². The summed E-state index contributed by atoms with van der Waals surface area (Å²) < 4.78 is 11.1. The smallest absolute Gasteiger partial charge is 0.252 e. The monoisotopic (exact) mass is 357 g/mol. The number of methoxy groups -OCH3 is 1. The minimum Gasteiger partial charge on any atom is -0.496 e. The molecule has 136 valence electrons. The second-order valence-corrected chi connectivity index (χ2v) is 6.63. The maximum atomic E-state index is 11.9. The third kappa shape index (κ3) is 2.53. The number of amides is 2. The molecule has 0 bridgehead atoms. The van der Waals surface area contributed by atoms with Crippen LogP contribution in [0.25, 0.3) is 10.8 Å². The Balaban J connectivity index is 1.59. The van der Waals surface area contributed by atoms with Gasteiger partial charge in [0.25, 0.3) is 5.91 Å². The molecular formula is C18H19N3O5. The van der Waals surface area contributed by atoms with Gasteiger partial charge in [0.15, 0.2) is 0 Å². The summed E-state index contributed by atoms with van der Waals surface area (Å²) >= 11 is 0. The lowest BCUT2D eigenvalue weighted by Gasteiger charge is -2.17. The SMILES string of the molecule is COc1cc2c(OCC3NC(=O)C4C(CO)C34)nccc2cc1C(N)=O. The lowest BCUT2D eigenvalue weighted by atomic mass is 10.1. The highest BCUT2D eigenvalue weighted by Crippen LogP contribution is 2.52. The Hall–Kier alpha value is -2.87. The van der Waals surface area contributed by atoms with E-state index in [2.05, 4.69) is 10.3 Å². The largest absolute Gasteiger partial charge is 0.496 e. The first-order valence-electron chi connectivity index (χ1n) is 8.35. The molecule has 1 saturated carbocycles. The molecule has 4 atom stereocenters. The van der Waals surface area contributed by atoms with Crippen LogP contribution in [0.5, 0.6) is 11.6 Å². The number of aliphatic hydroxyl groups is 1. The molecule has 1 aliphatic heterocycles. The van der Waals surface area contributed by atoms with Gasteiger partial charge in [-0.2, -0.15) is 0 Å². The number of carbonyl (C=O) groups is 2. The fourth-order valence-electron chi connectivity index (χ4n) is 3.90. The Morgan fingerprint density at radius 3 is 2.88 bits per heavy atom. The van der Waals surface area contributed by atoms with Crippen molar-refractivity contribution in [1.29, 1.82) is 0 Å². The van der Waals surface area contributed by atoms with Crippen molar-refractivity contribution in [1.82, 2.24) is 10.3 Å². The van der Waals surface area contributed by atoms with E-state index in [0.717, 1.165) is 5.39 Å². The molecule has 26 heavy (non-hydrogen) atoms. The summed E-state index contributed by atoms with van der Waals surface area (Å²) in [6, 6.07) is 4.92. The average Bonchev–Trinajstić information content (AvgIpc) is 3.29. The van der Waals surface area contributed by atoms with Crippen molar-refractivity contribution in [2.24, 2.45) is 23.5 Å². The first kappa shape index (κ1) is 16.6. The zero-order chi connectivity index (χ0) is 18.4. The number of nitrogens with two attached hydrogens (primary N) is 1. The van der Waals surface area contributed by atoms with Crippen molar-refractivity contribution in [3.05, 3.63) is 30.0 Å². The summed E-state index contributed by atoms with van der Waals surface area (Å²) in [6.07, 6.45) is 1.58. The van der Waals surface area contributed by atoms with Crippen LogP contribution in [0.15, 0.2) is 24.4 Å². The van der Waals surface area contributed by atoms with E-state index in [4.69, 9.17) is 15.2 Å². The number of rotatable bonds is 6. The first-order chi connectivity index (χ1) is 12.5. The molecule has 2 fully saturated rings. The van der Waals surface area contributed by atoms with E-state index >= 15 is 0 Å². The normalized spacial score (nSPS) is 26.3. The highest BCUT2D eigenvalue weighted by molar-refractivity contribution is 6.01. The number of aliphatic hydroxyl groups excluding tert-OH is 1. The van der Waals surface area contributed by atoms with E-state index in [1.165, 1.54) is 7.11 Å². The number of nitrogens with zero attached hydrogens (tertiary/aromatic N) is 1. The van der Waals surface area contributed by atoms with Crippen molar-refractivity contribution in [3.63, 3.8) is 0 Å². The molecule has 1 saturated heterocycles. The highest BCUT2D eigenvalue weighted by Gasteiger charge is 2.63. The topological polar surface area (TPSA) is 124 Å². The van der Waals surface area contributed by atoms with Crippen LogP contribution < -0.4 is 20.5 Å². The van der Waals surface area contributed by atoms with Crippen molar-refractivity contribution < 1.29 is 24.2 Å². The maximum Gasteiger partial charge on any atom is 0.252 e. The number of aromatic nitrogens is 1. The molecule has 8 heteroatoms. The Labute approximate surface area is 149 Å². The van der Waals surface area contributed by atoms with E-state index in [1.807, 2.05) is 0 Å². The number of pyridine rings is 1. The van der Waals surface area contributed by atoms with Gasteiger partial charge in [0.2, 0.25) is 11.8 Å². The van der Waals surface area contributed by atoms with E-state index in [1.54, 1.807) is 24.4 Å². The lowest BCUT2D eigenvalue weighted by Crippen LogP contribution is -2.37. The molecule has 0 radical (unpaired) electrons. The molecule has 8 nitrogen and oxygen atoms in total. The molecule has 4 unspecified atom stereocenters. The van der Waals surface area contributed by atoms with Gasteiger partial charge in [-0.05, 0) is 29.5 Å². The van der Waals surface area contributed by atoms with Crippen LogP contribution >= 0.6 is 0 Å². The quantitative estimate of drug-likeness (QED) is 0.672. The molecule has 4 N–H and O–H groups in total. The number of fused-ring (bicyclic) bond motifs is 2. The van der Waals surface area contributed by atoms with Gasteiger partial charge in [0.05, 0.1) is 18.7 Å². The second kappa shape index (κ2) is 6.14. The van der Waals surface area contributed by atoms with Crippen LogP contribution in [-0.2, 0) is 4.79 Å². The molecule has 2 heterocycles. The summed E-state index contributed by atoms with van der Waals surface area (Å²) in [5.74, 6) is 0.157. The number of nitrogens with one attached hydrogen (secondary N) is 1. The molecule has 4 rings (SSSR count). The standard InChI is InChI=1S/C18H19N3O5/c1-25-13-5-9-8(4-10(13)16(19)23)2-3-20-18(9)26-7-12-14-11(6-22)15(14)17(24)21-12/h2-5,11-12,14-15,22H,6-7H2,1H3,(H2,19,23)(H,21,24). The number of benzene rings is 1. The van der Waals surface area contributed by atoms with Crippen molar-refractivity contribution in [2.75, 3.05) is 20.3 Å². The first-order valence-corrected chi connectivity index (χ1v) is 8.35. The number of piperidine rings is 1. The molecule has 2 amide bonds. The Kier molecular flexibility index (Phi) is 3.91. The summed E-state index contributed by atoms with van der Waals surface area (Å²) in [4.78, 5) is 27.7. The molecule has 1 aliphatic carbocycles. The second-order valence-electron chi connectivity index (χ2n) is 6.63. The predicted molar refractivity (Wildman–Crippen MR) is 91.8 cm³/mol. The molecule has 0 spiro atoms. The van der Waals surface area contributed by atoms with E-state index in [9.17, 15) is 14.7 Å². The predicted octanol–water partition coefficient (Wildman–Crippen LogP) is 0.0740. The third-order valence-corrected chi connectivity index (χ3v) is 5.25.